The van der Waals surface area contributed by atoms with E-state index < -0.39 is 12.0 Å². The van der Waals surface area contributed by atoms with E-state index in [-0.39, 0.29) is 5.69 Å². The van der Waals surface area contributed by atoms with E-state index in [9.17, 15) is 14.7 Å². The molecule has 3 heterocycles. The van der Waals surface area contributed by atoms with Crippen LogP contribution < -0.4 is 15.5 Å². The number of anilines is 3. The zero-order valence-electron chi connectivity index (χ0n) is 20.1. The molecular formula is C26H27N7O3. The van der Waals surface area contributed by atoms with Gasteiger partial charge in [-0.15, -0.1) is 0 Å². The molecule has 2 amide bonds. The SMILES string of the molecule is CN1CCN(c2ccc3cc(C(=O)Nc4cc(-c5nccn5C)ccc4NC(=O)O)cnc3c2)CC1. The van der Waals surface area contributed by atoms with E-state index in [0.717, 1.165) is 48.3 Å². The standard InChI is InChI=1S/C26H27N7O3/c1-31-9-11-33(12-10-31)20-5-3-17-13-19(16-28-22(17)15-20)25(34)29-23-14-18(24-27-7-8-32(24)2)4-6-21(23)30-26(35)36/h3-8,13-16,30H,9-12H2,1-2H3,(H,29,34)(H,35,36). The van der Waals surface area contributed by atoms with Crippen LogP contribution in [0.5, 0.6) is 0 Å². The van der Waals surface area contributed by atoms with E-state index >= 15 is 0 Å². The van der Waals surface area contributed by atoms with E-state index in [1.807, 2.05) is 29.9 Å². The number of hydrogen-bond acceptors (Lipinski definition) is 6. The number of fused-ring (bicyclic) bond motifs is 1. The molecule has 1 saturated heterocycles. The van der Waals surface area contributed by atoms with Gasteiger partial charge in [0, 0.05) is 68.5 Å². The second-order valence-corrected chi connectivity index (χ2v) is 8.90. The molecule has 36 heavy (non-hydrogen) atoms. The first-order valence-corrected chi connectivity index (χ1v) is 11.6. The van der Waals surface area contributed by atoms with Crippen LogP contribution in [0, 0.1) is 0 Å². The summed E-state index contributed by atoms with van der Waals surface area (Å²) in [7, 11) is 3.99. The number of aromatic nitrogens is 3. The van der Waals surface area contributed by atoms with Crippen molar-refractivity contribution in [3.63, 3.8) is 0 Å². The van der Waals surface area contributed by atoms with Crippen LogP contribution in [0.1, 0.15) is 10.4 Å². The molecule has 1 fully saturated rings. The largest absolute Gasteiger partial charge is 0.465 e. The van der Waals surface area contributed by atoms with Gasteiger partial charge in [-0.1, -0.05) is 6.07 Å². The molecule has 184 valence electrons. The lowest BCUT2D eigenvalue weighted by Gasteiger charge is -2.34. The predicted octanol–water partition coefficient (Wildman–Crippen LogP) is 3.73. The summed E-state index contributed by atoms with van der Waals surface area (Å²) in [5, 5.41) is 15.3. The van der Waals surface area contributed by atoms with Crippen molar-refractivity contribution in [1.82, 2.24) is 19.4 Å². The number of nitrogens with one attached hydrogen (secondary N) is 2. The zero-order chi connectivity index (χ0) is 25.2. The minimum atomic E-state index is -1.22. The van der Waals surface area contributed by atoms with Crippen molar-refractivity contribution < 1.29 is 14.7 Å². The fraction of sp³-hybridized carbons (Fsp3) is 0.231. The van der Waals surface area contributed by atoms with Gasteiger partial charge in [0.05, 0.1) is 22.5 Å². The van der Waals surface area contributed by atoms with Crippen molar-refractivity contribution in [2.75, 3.05) is 48.8 Å². The number of amides is 2. The lowest BCUT2D eigenvalue weighted by Crippen LogP contribution is -2.44. The smallest absolute Gasteiger partial charge is 0.409 e. The molecule has 0 radical (unpaired) electrons. The number of hydrogen-bond donors (Lipinski definition) is 3. The number of carboxylic acid groups (broad SMARTS) is 1. The molecule has 0 aliphatic carbocycles. The third-order valence-corrected chi connectivity index (χ3v) is 6.39. The maximum atomic E-state index is 13.1. The molecule has 0 bridgehead atoms. The zero-order valence-corrected chi connectivity index (χ0v) is 20.1. The van der Waals surface area contributed by atoms with Crippen LogP contribution in [-0.4, -0.2) is 69.8 Å². The fourth-order valence-corrected chi connectivity index (χ4v) is 4.34. The van der Waals surface area contributed by atoms with Crippen molar-refractivity contribution in [1.29, 1.82) is 0 Å². The highest BCUT2D eigenvalue weighted by Crippen LogP contribution is 2.29. The summed E-state index contributed by atoms with van der Waals surface area (Å²) in [5.41, 5.74) is 3.64. The van der Waals surface area contributed by atoms with Crippen molar-refractivity contribution >= 4 is 40.0 Å². The molecule has 3 N–H and O–H groups in total. The molecule has 0 unspecified atom stereocenters. The third kappa shape index (κ3) is 4.84. The molecule has 5 rings (SSSR count). The highest BCUT2D eigenvalue weighted by atomic mass is 16.4. The number of benzene rings is 2. The van der Waals surface area contributed by atoms with Crippen LogP contribution in [-0.2, 0) is 7.05 Å². The van der Waals surface area contributed by atoms with E-state index in [2.05, 4.69) is 43.5 Å². The summed E-state index contributed by atoms with van der Waals surface area (Å²) in [6.07, 6.45) is 3.80. The maximum Gasteiger partial charge on any atom is 0.409 e. The van der Waals surface area contributed by atoms with Crippen LogP contribution in [0.25, 0.3) is 22.3 Å². The lowest BCUT2D eigenvalue weighted by atomic mass is 10.1. The van der Waals surface area contributed by atoms with Crippen LogP contribution in [0.4, 0.5) is 21.9 Å². The normalized spacial score (nSPS) is 14.1. The number of piperazine rings is 1. The van der Waals surface area contributed by atoms with Gasteiger partial charge in [-0.25, -0.2) is 9.78 Å². The quantitative estimate of drug-likeness (QED) is 0.394. The lowest BCUT2D eigenvalue weighted by molar-refractivity contribution is 0.102. The Hall–Kier alpha value is -4.44. The van der Waals surface area contributed by atoms with Crippen LogP contribution >= 0.6 is 0 Å². The van der Waals surface area contributed by atoms with Crippen molar-refractivity contribution in [2.24, 2.45) is 7.05 Å². The van der Waals surface area contributed by atoms with Gasteiger partial charge in [-0.2, -0.15) is 0 Å². The number of carbonyl (C=O) groups excluding carboxylic acids is 1. The van der Waals surface area contributed by atoms with Gasteiger partial charge in [-0.3, -0.25) is 15.1 Å². The maximum absolute atomic E-state index is 13.1. The Balaban J connectivity index is 1.40. The summed E-state index contributed by atoms with van der Waals surface area (Å²) in [5.74, 6) is 0.300. The first-order chi connectivity index (χ1) is 17.4. The summed E-state index contributed by atoms with van der Waals surface area (Å²) >= 11 is 0. The first-order valence-electron chi connectivity index (χ1n) is 11.6. The Labute approximate surface area is 208 Å². The number of aryl methyl sites for hydroxylation is 1. The summed E-state index contributed by atoms with van der Waals surface area (Å²) < 4.78 is 1.84. The van der Waals surface area contributed by atoms with E-state index in [0.29, 0.717) is 17.1 Å². The van der Waals surface area contributed by atoms with Crippen molar-refractivity contribution in [3.8, 4) is 11.4 Å². The van der Waals surface area contributed by atoms with Gasteiger partial charge < -0.3 is 24.8 Å². The van der Waals surface area contributed by atoms with Crippen LogP contribution in [0.2, 0.25) is 0 Å². The second kappa shape index (κ2) is 9.67. The highest BCUT2D eigenvalue weighted by molar-refractivity contribution is 6.08. The Morgan fingerprint density at radius 2 is 1.72 bits per heavy atom. The average molecular weight is 486 g/mol. The monoisotopic (exact) mass is 485 g/mol. The average Bonchev–Trinajstić information content (AvgIpc) is 3.30. The van der Waals surface area contributed by atoms with Crippen molar-refractivity contribution in [3.05, 3.63) is 66.6 Å². The molecule has 10 heteroatoms. The van der Waals surface area contributed by atoms with Gasteiger partial charge >= 0.3 is 6.09 Å². The third-order valence-electron chi connectivity index (χ3n) is 6.39. The Bertz CT molecular complexity index is 1440. The summed E-state index contributed by atoms with van der Waals surface area (Å²) in [6.45, 7) is 3.97. The molecule has 10 nitrogen and oxygen atoms in total. The van der Waals surface area contributed by atoms with E-state index in [1.165, 1.54) is 0 Å². The van der Waals surface area contributed by atoms with Crippen LogP contribution in [0.3, 0.4) is 0 Å². The number of carbonyl (C=O) groups is 2. The molecule has 0 spiro atoms. The minimum Gasteiger partial charge on any atom is -0.465 e. The fourth-order valence-electron chi connectivity index (χ4n) is 4.34. The predicted molar refractivity (Wildman–Crippen MR) is 140 cm³/mol. The summed E-state index contributed by atoms with van der Waals surface area (Å²) in [4.78, 5) is 38.0. The minimum absolute atomic E-state index is 0.263. The van der Waals surface area contributed by atoms with Gasteiger partial charge in [-0.05, 0) is 43.4 Å². The second-order valence-electron chi connectivity index (χ2n) is 8.90. The van der Waals surface area contributed by atoms with Crippen LogP contribution in [0.15, 0.2) is 61.1 Å². The number of pyridine rings is 1. The Kier molecular flexibility index (Phi) is 6.26. The van der Waals surface area contributed by atoms with Gasteiger partial charge in [0.2, 0.25) is 0 Å². The first kappa shape index (κ1) is 23.3. The van der Waals surface area contributed by atoms with Gasteiger partial charge in [0.1, 0.15) is 5.82 Å². The Morgan fingerprint density at radius 3 is 2.44 bits per heavy atom. The number of likely N-dealkylation sites (N-methyl/N-ethyl adjacent to an activating group) is 1. The molecule has 0 atom stereocenters. The molecular weight excluding hydrogens is 458 g/mol. The molecule has 2 aromatic heterocycles. The van der Waals surface area contributed by atoms with Gasteiger partial charge in [0.15, 0.2) is 0 Å². The van der Waals surface area contributed by atoms with E-state index in [1.54, 1.807) is 36.7 Å². The van der Waals surface area contributed by atoms with Crippen molar-refractivity contribution in [2.45, 2.75) is 0 Å². The molecule has 2 aromatic carbocycles. The number of nitrogens with zero attached hydrogens (tertiary/aromatic N) is 5. The number of imidazole rings is 1. The molecule has 4 aromatic rings. The Morgan fingerprint density at radius 1 is 0.917 bits per heavy atom. The topological polar surface area (TPSA) is 116 Å². The molecule has 1 aliphatic heterocycles. The number of rotatable bonds is 5. The molecule has 1 aliphatic rings. The van der Waals surface area contributed by atoms with E-state index in [4.69, 9.17) is 0 Å². The summed E-state index contributed by atoms with van der Waals surface area (Å²) in [6, 6.07) is 12.9. The molecule has 0 saturated carbocycles. The highest BCUT2D eigenvalue weighted by Gasteiger charge is 2.17. The van der Waals surface area contributed by atoms with Gasteiger partial charge in [0.25, 0.3) is 5.91 Å².